The minimum Gasteiger partial charge on any atom is -0.381 e. The molecule has 7 heteroatoms. The number of halogens is 2. The van der Waals surface area contributed by atoms with Gasteiger partial charge in [-0.05, 0) is 30.3 Å². The lowest BCUT2D eigenvalue weighted by Gasteiger charge is -2.15. The minimum absolute atomic E-state index is 0.343. The van der Waals surface area contributed by atoms with E-state index >= 15 is 0 Å². The van der Waals surface area contributed by atoms with E-state index in [-0.39, 0.29) is 5.82 Å². The summed E-state index contributed by atoms with van der Waals surface area (Å²) in [6.45, 7) is 0. The quantitative estimate of drug-likeness (QED) is 0.743. The highest BCUT2D eigenvalue weighted by atomic mass is 79.9. The molecular formula is C17H10BrFN2O3. The molecule has 0 spiro atoms. The number of fused-ring (bicyclic) bond motifs is 1. The molecule has 0 aromatic heterocycles. The molecular weight excluding hydrogens is 379 g/mol. The first-order valence-electron chi connectivity index (χ1n) is 7.19. The summed E-state index contributed by atoms with van der Waals surface area (Å²) >= 11 is 3.33. The Kier molecular flexibility index (Phi) is 3.45. The van der Waals surface area contributed by atoms with Crippen LogP contribution in [-0.2, 0) is 14.4 Å². The van der Waals surface area contributed by atoms with Gasteiger partial charge >= 0.3 is 0 Å². The van der Waals surface area contributed by atoms with Gasteiger partial charge in [-0.3, -0.25) is 9.59 Å². The second-order valence-corrected chi connectivity index (χ2v) is 6.39. The summed E-state index contributed by atoms with van der Waals surface area (Å²) in [5.74, 6) is -2.06. The van der Waals surface area contributed by atoms with E-state index in [2.05, 4.69) is 21.1 Å². The molecule has 4 rings (SSSR count). The van der Waals surface area contributed by atoms with Crippen LogP contribution in [0, 0.1) is 11.7 Å². The average Bonchev–Trinajstić information content (AvgIpc) is 3.09. The normalized spacial score (nSPS) is 22.4. The number of hydrogen-bond acceptors (Lipinski definition) is 4. The van der Waals surface area contributed by atoms with Gasteiger partial charge in [0.1, 0.15) is 17.4 Å². The summed E-state index contributed by atoms with van der Waals surface area (Å²) in [7, 11) is 0. The third kappa shape index (κ3) is 2.24. The molecule has 1 saturated heterocycles. The number of hydrogen-bond donors (Lipinski definition) is 0. The second kappa shape index (κ2) is 5.52. The topological polar surface area (TPSA) is 59.0 Å². The number of amides is 2. The lowest BCUT2D eigenvalue weighted by atomic mass is 9.94. The summed E-state index contributed by atoms with van der Waals surface area (Å²) in [4.78, 5) is 31.7. The highest BCUT2D eigenvalue weighted by molar-refractivity contribution is 9.10. The van der Waals surface area contributed by atoms with E-state index in [9.17, 15) is 14.0 Å². The molecule has 24 heavy (non-hydrogen) atoms. The van der Waals surface area contributed by atoms with Crippen LogP contribution >= 0.6 is 15.9 Å². The van der Waals surface area contributed by atoms with E-state index in [1.165, 1.54) is 24.3 Å². The molecule has 2 aliphatic rings. The Hall–Kier alpha value is -2.54. The van der Waals surface area contributed by atoms with Crippen LogP contribution in [-0.4, -0.2) is 23.6 Å². The summed E-state index contributed by atoms with van der Waals surface area (Å²) in [6.07, 6.45) is -0.975. The first-order valence-corrected chi connectivity index (χ1v) is 7.98. The lowest BCUT2D eigenvalue weighted by Crippen LogP contribution is -2.33. The molecule has 0 unspecified atom stereocenters. The number of benzene rings is 2. The Morgan fingerprint density at radius 1 is 1.08 bits per heavy atom. The third-order valence-corrected chi connectivity index (χ3v) is 4.51. The molecule has 0 N–H and O–H groups in total. The molecule has 0 radical (unpaired) electrons. The maximum atomic E-state index is 13.1. The Labute approximate surface area is 144 Å². The zero-order valence-electron chi connectivity index (χ0n) is 12.1. The van der Waals surface area contributed by atoms with Gasteiger partial charge in [0.05, 0.1) is 5.69 Å². The fourth-order valence-electron chi connectivity index (χ4n) is 2.91. The summed E-state index contributed by atoms with van der Waals surface area (Å²) in [6, 6.07) is 12.5. The van der Waals surface area contributed by atoms with Crippen LogP contribution in [0.25, 0.3) is 0 Å². The van der Waals surface area contributed by atoms with Crippen LogP contribution in [0.4, 0.5) is 10.1 Å². The van der Waals surface area contributed by atoms with Crippen molar-refractivity contribution in [2.75, 3.05) is 4.90 Å². The van der Waals surface area contributed by atoms with Crippen molar-refractivity contribution in [1.82, 2.24) is 0 Å². The molecule has 2 atom stereocenters. The van der Waals surface area contributed by atoms with Crippen molar-refractivity contribution in [2.45, 2.75) is 6.10 Å². The SMILES string of the molecule is O=C1[C@H]2C(c3ccc(F)cc3)=NO[C@H]2C(=O)N1c1cccc(Br)c1. The molecule has 2 amide bonds. The zero-order chi connectivity index (χ0) is 16.8. The zero-order valence-corrected chi connectivity index (χ0v) is 13.7. The molecule has 0 saturated carbocycles. The molecule has 0 bridgehead atoms. The van der Waals surface area contributed by atoms with E-state index in [1.54, 1.807) is 24.3 Å². The van der Waals surface area contributed by atoms with Gasteiger partial charge in [-0.2, -0.15) is 0 Å². The van der Waals surface area contributed by atoms with E-state index < -0.39 is 23.8 Å². The van der Waals surface area contributed by atoms with Crippen molar-refractivity contribution in [3.8, 4) is 0 Å². The van der Waals surface area contributed by atoms with Crippen LogP contribution in [0.5, 0.6) is 0 Å². The van der Waals surface area contributed by atoms with Gasteiger partial charge in [0.2, 0.25) is 12.0 Å². The standard InChI is InChI=1S/C17H10BrFN2O3/c18-10-2-1-3-12(8-10)21-16(22)13-14(20-24-15(13)17(21)23)9-4-6-11(19)7-5-9/h1-8,13,15H/t13-,15+/m0/s1. The van der Waals surface area contributed by atoms with Crippen LogP contribution in [0.2, 0.25) is 0 Å². The van der Waals surface area contributed by atoms with Crippen molar-refractivity contribution in [3.05, 3.63) is 64.4 Å². The van der Waals surface area contributed by atoms with Crippen molar-refractivity contribution in [3.63, 3.8) is 0 Å². The molecule has 2 aromatic carbocycles. The van der Waals surface area contributed by atoms with E-state index in [0.29, 0.717) is 17.0 Å². The number of imide groups is 1. The lowest BCUT2D eigenvalue weighted by molar-refractivity contribution is -0.126. The van der Waals surface area contributed by atoms with E-state index in [4.69, 9.17) is 4.84 Å². The monoisotopic (exact) mass is 388 g/mol. The van der Waals surface area contributed by atoms with Crippen molar-refractivity contribution in [2.24, 2.45) is 11.1 Å². The number of carbonyl (C=O) groups excluding carboxylic acids is 2. The summed E-state index contributed by atoms with van der Waals surface area (Å²) < 4.78 is 13.9. The Balaban J connectivity index is 1.71. The highest BCUT2D eigenvalue weighted by Crippen LogP contribution is 2.35. The molecule has 5 nitrogen and oxygen atoms in total. The first-order chi connectivity index (χ1) is 11.6. The van der Waals surface area contributed by atoms with Gasteiger partial charge in [0.25, 0.3) is 5.91 Å². The predicted molar refractivity (Wildman–Crippen MR) is 87.9 cm³/mol. The number of carbonyl (C=O) groups is 2. The average molecular weight is 389 g/mol. The predicted octanol–water partition coefficient (Wildman–Crippen LogP) is 2.88. The van der Waals surface area contributed by atoms with Crippen molar-refractivity contribution < 1.29 is 18.8 Å². The van der Waals surface area contributed by atoms with Gasteiger partial charge in [0, 0.05) is 10.0 Å². The highest BCUT2D eigenvalue weighted by Gasteiger charge is 2.56. The van der Waals surface area contributed by atoms with Crippen LogP contribution in [0.15, 0.2) is 58.2 Å². The van der Waals surface area contributed by atoms with Crippen molar-refractivity contribution >= 4 is 39.1 Å². The van der Waals surface area contributed by atoms with Gasteiger partial charge in [-0.25, -0.2) is 9.29 Å². The Morgan fingerprint density at radius 2 is 1.83 bits per heavy atom. The van der Waals surface area contributed by atoms with Crippen LogP contribution in [0.1, 0.15) is 5.56 Å². The molecule has 2 heterocycles. The van der Waals surface area contributed by atoms with Gasteiger partial charge in [-0.1, -0.05) is 39.3 Å². The Bertz CT molecular complexity index is 882. The largest absolute Gasteiger partial charge is 0.381 e. The van der Waals surface area contributed by atoms with E-state index in [0.717, 1.165) is 9.37 Å². The molecule has 120 valence electrons. The summed E-state index contributed by atoms with van der Waals surface area (Å²) in [5, 5.41) is 3.88. The molecule has 2 aromatic rings. The number of oxime groups is 1. The number of nitrogens with zero attached hydrogens (tertiary/aromatic N) is 2. The fourth-order valence-corrected chi connectivity index (χ4v) is 3.29. The smallest absolute Gasteiger partial charge is 0.278 e. The van der Waals surface area contributed by atoms with Crippen molar-refractivity contribution in [1.29, 1.82) is 0 Å². The van der Waals surface area contributed by atoms with Crippen LogP contribution in [0.3, 0.4) is 0 Å². The second-order valence-electron chi connectivity index (χ2n) is 5.48. The fraction of sp³-hybridized carbons (Fsp3) is 0.118. The first kappa shape index (κ1) is 15.0. The maximum Gasteiger partial charge on any atom is 0.278 e. The van der Waals surface area contributed by atoms with Crippen LogP contribution < -0.4 is 4.90 Å². The van der Waals surface area contributed by atoms with Gasteiger partial charge in [0.15, 0.2) is 0 Å². The van der Waals surface area contributed by atoms with Gasteiger partial charge in [-0.15, -0.1) is 0 Å². The Morgan fingerprint density at radius 3 is 2.54 bits per heavy atom. The molecule has 2 aliphatic heterocycles. The van der Waals surface area contributed by atoms with Gasteiger partial charge < -0.3 is 4.84 Å². The minimum atomic E-state index is -0.975. The molecule has 1 fully saturated rings. The third-order valence-electron chi connectivity index (χ3n) is 4.02. The van der Waals surface area contributed by atoms with E-state index in [1.807, 2.05) is 0 Å². The molecule has 0 aliphatic carbocycles. The summed E-state index contributed by atoms with van der Waals surface area (Å²) in [5.41, 5.74) is 1.37. The number of anilines is 1. The number of rotatable bonds is 2. The maximum absolute atomic E-state index is 13.1.